The number of hydrogen-bond donors (Lipinski definition) is 2. The van der Waals surface area contributed by atoms with Crippen LogP contribution in [0, 0.1) is 6.92 Å². The molecule has 1 heterocycles. The van der Waals surface area contributed by atoms with Gasteiger partial charge in [-0.15, -0.1) is 0 Å². The number of hydrogen-bond acceptors (Lipinski definition) is 4. The Morgan fingerprint density at radius 2 is 2.05 bits per heavy atom. The first-order chi connectivity index (χ1) is 9.44. The van der Waals surface area contributed by atoms with E-state index in [2.05, 4.69) is 9.71 Å². The number of anilines is 2. The van der Waals surface area contributed by atoms with Crippen molar-refractivity contribution >= 4 is 21.5 Å². The zero-order chi connectivity index (χ0) is 14.8. The van der Waals surface area contributed by atoms with Crippen molar-refractivity contribution in [3.05, 3.63) is 47.7 Å². The molecular weight excluding hydrogens is 274 g/mol. The first kappa shape index (κ1) is 14.3. The minimum Gasteiger partial charge on any atom is -0.398 e. The number of rotatable bonds is 4. The van der Waals surface area contributed by atoms with Gasteiger partial charge in [0.05, 0.1) is 4.90 Å². The minimum atomic E-state index is -3.68. The number of pyridine rings is 1. The highest BCUT2D eigenvalue weighted by Gasteiger charge is 2.16. The predicted molar refractivity (Wildman–Crippen MR) is 80.0 cm³/mol. The minimum absolute atomic E-state index is 0.136. The summed E-state index contributed by atoms with van der Waals surface area (Å²) < 4.78 is 27.1. The molecule has 2 rings (SSSR count). The molecule has 0 amide bonds. The van der Waals surface area contributed by atoms with Crippen molar-refractivity contribution in [2.75, 3.05) is 10.5 Å². The second-order valence-corrected chi connectivity index (χ2v) is 6.17. The summed E-state index contributed by atoms with van der Waals surface area (Å²) in [5.74, 6) is 0.325. The molecule has 0 saturated heterocycles. The lowest BCUT2D eigenvalue weighted by Crippen LogP contribution is -2.15. The van der Waals surface area contributed by atoms with Crippen LogP contribution in [0.3, 0.4) is 0 Å². The standard InChI is InChI=1S/C14H17N3O2S/c1-3-11-6-7-12(9-13(11)15)20(18,19)17-14-10(2)5-4-8-16-14/h4-9H,3,15H2,1-2H3,(H,16,17). The van der Waals surface area contributed by atoms with E-state index in [0.29, 0.717) is 11.5 Å². The highest BCUT2D eigenvalue weighted by molar-refractivity contribution is 7.92. The monoisotopic (exact) mass is 291 g/mol. The van der Waals surface area contributed by atoms with Crippen LogP contribution in [-0.2, 0) is 16.4 Å². The maximum absolute atomic E-state index is 12.3. The summed E-state index contributed by atoms with van der Waals surface area (Å²) >= 11 is 0. The van der Waals surface area contributed by atoms with Crippen molar-refractivity contribution in [3.63, 3.8) is 0 Å². The first-order valence-corrected chi connectivity index (χ1v) is 7.75. The van der Waals surface area contributed by atoms with Gasteiger partial charge in [-0.1, -0.05) is 19.1 Å². The summed E-state index contributed by atoms with van der Waals surface area (Å²) in [4.78, 5) is 4.16. The van der Waals surface area contributed by atoms with Crippen molar-refractivity contribution in [2.24, 2.45) is 0 Å². The SMILES string of the molecule is CCc1ccc(S(=O)(=O)Nc2ncccc2C)cc1N. The van der Waals surface area contributed by atoms with Gasteiger partial charge in [-0.3, -0.25) is 4.72 Å². The topological polar surface area (TPSA) is 85.1 Å². The molecule has 20 heavy (non-hydrogen) atoms. The van der Waals surface area contributed by atoms with Gasteiger partial charge in [0.1, 0.15) is 5.82 Å². The van der Waals surface area contributed by atoms with Crippen LogP contribution in [0.2, 0.25) is 0 Å². The Bertz CT molecular complexity index is 727. The Kier molecular flexibility index (Phi) is 3.94. The zero-order valence-electron chi connectivity index (χ0n) is 11.4. The molecule has 6 heteroatoms. The Balaban J connectivity index is 2.36. The Morgan fingerprint density at radius 3 is 2.65 bits per heavy atom. The Hall–Kier alpha value is -2.08. The van der Waals surface area contributed by atoms with E-state index >= 15 is 0 Å². The second kappa shape index (κ2) is 5.50. The molecule has 0 bridgehead atoms. The number of nitrogen functional groups attached to an aromatic ring is 1. The summed E-state index contributed by atoms with van der Waals surface area (Å²) in [5.41, 5.74) is 8.01. The molecule has 0 aliphatic heterocycles. The number of nitrogens with two attached hydrogens (primary N) is 1. The average molecular weight is 291 g/mol. The van der Waals surface area contributed by atoms with Crippen LogP contribution in [0.5, 0.6) is 0 Å². The Labute approximate surface area is 118 Å². The quantitative estimate of drug-likeness (QED) is 0.847. The summed E-state index contributed by atoms with van der Waals surface area (Å²) in [5, 5.41) is 0. The van der Waals surface area contributed by atoms with Crippen LogP contribution in [0.15, 0.2) is 41.4 Å². The molecule has 0 unspecified atom stereocenters. The van der Waals surface area contributed by atoms with Gasteiger partial charge in [0.25, 0.3) is 10.0 Å². The lowest BCUT2D eigenvalue weighted by molar-refractivity contribution is 0.601. The van der Waals surface area contributed by atoms with Crippen LogP contribution >= 0.6 is 0 Å². The molecule has 1 aromatic carbocycles. The van der Waals surface area contributed by atoms with Crippen molar-refractivity contribution in [1.29, 1.82) is 0 Å². The normalized spacial score (nSPS) is 11.3. The third-order valence-corrected chi connectivity index (χ3v) is 4.39. The number of nitrogens with zero attached hydrogens (tertiary/aromatic N) is 1. The second-order valence-electron chi connectivity index (χ2n) is 4.49. The number of aryl methyl sites for hydroxylation is 2. The molecule has 1 aromatic heterocycles. The fourth-order valence-corrected chi connectivity index (χ4v) is 2.96. The molecule has 2 aromatic rings. The van der Waals surface area contributed by atoms with Crippen LogP contribution in [-0.4, -0.2) is 13.4 Å². The van der Waals surface area contributed by atoms with E-state index in [1.165, 1.54) is 6.07 Å². The highest BCUT2D eigenvalue weighted by atomic mass is 32.2. The lowest BCUT2D eigenvalue weighted by Gasteiger charge is -2.11. The summed E-state index contributed by atoms with van der Waals surface area (Å²) in [6.45, 7) is 3.76. The van der Waals surface area contributed by atoms with Crippen LogP contribution in [0.1, 0.15) is 18.1 Å². The van der Waals surface area contributed by atoms with E-state index in [1.54, 1.807) is 37.4 Å². The van der Waals surface area contributed by atoms with Crippen molar-refractivity contribution < 1.29 is 8.42 Å². The molecular formula is C14H17N3O2S. The van der Waals surface area contributed by atoms with E-state index in [-0.39, 0.29) is 4.90 Å². The largest absolute Gasteiger partial charge is 0.398 e. The Morgan fingerprint density at radius 1 is 1.30 bits per heavy atom. The summed E-state index contributed by atoms with van der Waals surface area (Å²) in [6, 6.07) is 8.30. The fourth-order valence-electron chi connectivity index (χ4n) is 1.84. The molecule has 0 aliphatic rings. The van der Waals surface area contributed by atoms with Gasteiger partial charge in [0, 0.05) is 11.9 Å². The molecule has 106 valence electrons. The summed E-state index contributed by atoms with van der Waals surface area (Å²) in [7, 11) is -3.68. The highest BCUT2D eigenvalue weighted by Crippen LogP contribution is 2.21. The van der Waals surface area contributed by atoms with Crippen LogP contribution < -0.4 is 10.5 Å². The van der Waals surface area contributed by atoms with Gasteiger partial charge in [-0.25, -0.2) is 13.4 Å². The zero-order valence-corrected chi connectivity index (χ0v) is 12.2. The number of aromatic nitrogens is 1. The third kappa shape index (κ3) is 2.91. The van der Waals surface area contributed by atoms with Crippen molar-refractivity contribution in [3.8, 4) is 0 Å². The van der Waals surface area contributed by atoms with Gasteiger partial charge < -0.3 is 5.73 Å². The van der Waals surface area contributed by atoms with Crippen LogP contribution in [0.25, 0.3) is 0 Å². The van der Waals surface area contributed by atoms with Gasteiger partial charge >= 0.3 is 0 Å². The number of nitrogens with one attached hydrogen (secondary N) is 1. The predicted octanol–water partition coefficient (Wildman–Crippen LogP) is 2.34. The third-order valence-electron chi connectivity index (χ3n) is 3.05. The van der Waals surface area contributed by atoms with E-state index < -0.39 is 10.0 Å². The smallest absolute Gasteiger partial charge is 0.263 e. The van der Waals surface area contributed by atoms with E-state index in [9.17, 15) is 8.42 Å². The average Bonchev–Trinajstić information content (AvgIpc) is 2.41. The molecule has 0 atom stereocenters. The molecule has 3 N–H and O–H groups in total. The van der Waals surface area contributed by atoms with Crippen molar-refractivity contribution in [2.45, 2.75) is 25.2 Å². The number of sulfonamides is 1. The van der Waals surface area contributed by atoms with Crippen molar-refractivity contribution in [1.82, 2.24) is 4.98 Å². The van der Waals surface area contributed by atoms with E-state index in [4.69, 9.17) is 5.73 Å². The molecule has 0 fully saturated rings. The first-order valence-electron chi connectivity index (χ1n) is 6.27. The molecule has 0 radical (unpaired) electrons. The van der Waals surface area contributed by atoms with E-state index in [0.717, 1.165) is 17.5 Å². The molecule has 0 aliphatic carbocycles. The molecule has 5 nitrogen and oxygen atoms in total. The molecule has 0 saturated carbocycles. The van der Waals surface area contributed by atoms with Gasteiger partial charge in [0.15, 0.2) is 0 Å². The molecule has 0 spiro atoms. The van der Waals surface area contributed by atoms with E-state index in [1.807, 2.05) is 6.92 Å². The number of benzene rings is 1. The summed E-state index contributed by atoms with van der Waals surface area (Å²) in [6.07, 6.45) is 2.30. The maximum Gasteiger partial charge on any atom is 0.263 e. The van der Waals surface area contributed by atoms with Crippen LogP contribution in [0.4, 0.5) is 11.5 Å². The van der Waals surface area contributed by atoms with Gasteiger partial charge in [-0.05, 0) is 42.7 Å². The van der Waals surface area contributed by atoms with Gasteiger partial charge in [0.2, 0.25) is 0 Å². The maximum atomic E-state index is 12.3. The lowest BCUT2D eigenvalue weighted by atomic mass is 10.1. The van der Waals surface area contributed by atoms with Gasteiger partial charge in [-0.2, -0.15) is 0 Å². The fraction of sp³-hybridized carbons (Fsp3) is 0.214.